The van der Waals surface area contributed by atoms with Gasteiger partial charge in [0.15, 0.2) is 0 Å². The zero-order valence-electron chi connectivity index (χ0n) is 14.1. The van der Waals surface area contributed by atoms with E-state index in [-0.39, 0.29) is 4.90 Å². The summed E-state index contributed by atoms with van der Waals surface area (Å²) < 4.78 is 50.2. The molecule has 8 heteroatoms. The Morgan fingerprint density at radius 2 is 1.83 bits per heavy atom. The maximum Gasteiger partial charge on any atom is 0.325 e. The number of rotatable bonds is 7. The number of sulfonamides is 1. The second-order valence-electron chi connectivity index (χ2n) is 6.10. The number of carbonyl (C=O) groups excluding carboxylic acids is 1. The molecule has 0 unspecified atom stereocenters. The van der Waals surface area contributed by atoms with Gasteiger partial charge >= 0.3 is 5.97 Å². The third kappa shape index (κ3) is 6.29. The van der Waals surface area contributed by atoms with Crippen molar-refractivity contribution in [3.8, 4) is 5.75 Å². The quantitative estimate of drug-likeness (QED) is 0.757. The van der Waals surface area contributed by atoms with E-state index in [1.54, 1.807) is 20.8 Å². The Balaban J connectivity index is 3.02. The second-order valence-corrected chi connectivity index (χ2v) is 7.82. The van der Waals surface area contributed by atoms with E-state index in [0.717, 1.165) is 0 Å². The summed E-state index contributed by atoms with van der Waals surface area (Å²) in [4.78, 5) is 12.0. The number of methoxy groups -OCH3 is 1. The summed E-state index contributed by atoms with van der Waals surface area (Å²) in [6.45, 7) is 7.96. The molecule has 0 fully saturated rings. The zero-order chi connectivity index (χ0) is 18.5. The van der Waals surface area contributed by atoms with Crippen LogP contribution in [-0.2, 0) is 19.6 Å². The highest BCUT2D eigenvalue weighted by atomic mass is 32.2. The normalized spacial score (nSPS) is 13.2. The molecule has 0 radical (unpaired) electrons. The summed E-state index contributed by atoms with van der Waals surface area (Å²) in [5.74, 6) is -1.23. The van der Waals surface area contributed by atoms with Crippen LogP contribution in [0, 0.1) is 0 Å². The summed E-state index contributed by atoms with van der Waals surface area (Å²) in [7, 11) is -2.59. The van der Waals surface area contributed by atoms with Crippen LogP contribution in [0.5, 0.6) is 5.75 Å². The van der Waals surface area contributed by atoms with Gasteiger partial charge in [-0.1, -0.05) is 6.58 Å². The lowest BCUT2D eigenvalue weighted by molar-refractivity contribution is -0.157. The summed E-state index contributed by atoms with van der Waals surface area (Å²) in [5, 5.41) is 0. The first-order chi connectivity index (χ1) is 10.9. The first-order valence-electron chi connectivity index (χ1n) is 7.17. The molecule has 134 valence electrons. The summed E-state index contributed by atoms with van der Waals surface area (Å²) in [5.41, 5.74) is -0.835. The number of hydrogen-bond acceptors (Lipinski definition) is 5. The predicted octanol–water partition coefficient (Wildman–Crippen LogP) is 2.56. The highest BCUT2D eigenvalue weighted by Gasteiger charge is 2.30. The van der Waals surface area contributed by atoms with Crippen molar-refractivity contribution in [3.63, 3.8) is 0 Å². The van der Waals surface area contributed by atoms with Crippen LogP contribution in [0.4, 0.5) is 4.39 Å². The lowest BCUT2D eigenvalue weighted by Gasteiger charge is -2.24. The number of nitrogens with one attached hydrogen (secondary N) is 1. The van der Waals surface area contributed by atoms with Crippen molar-refractivity contribution in [3.05, 3.63) is 36.7 Å². The van der Waals surface area contributed by atoms with Gasteiger partial charge in [-0.2, -0.15) is 4.72 Å². The molecular weight excluding hydrogens is 337 g/mol. The first kappa shape index (κ1) is 20.1. The first-order valence-corrected chi connectivity index (χ1v) is 8.65. The van der Waals surface area contributed by atoms with Gasteiger partial charge in [0.25, 0.3) is 0 Å². The van der Waals surface area contributed by atoms with E-state index in [1.165, 1.54) is 31.4 Å². The molecule has 0 saturated carbocycles. The summed E-state index contributed by atoms with van der Waals surface area (Å²) in [6.07, 6.45) is -0.510. The van der Waals surface area contributed by atoms with E-state index in [4.69, 9.17) is 9.47 Å². The van der Waals surface area contributed by atoms with E-state index in [9.17, 15) is 17.6 Å². The molecule has 0 bridgehead atoms. The molecule has 24 heavy (non-hydrogen) atoms. The van der Waals surface area contributed by atoms with Crippen LogP contribution in [0.1, 0.15) is 27.2 Å². The third-order valence-corrected chi connectivity index (χ3v) is 4.27. The predicted molar refractivity (Wildman–Crippen MR) is 87.8 cm³/mol. The standard InChI is InChI=1S/C16H22FNO5S/c1-11(17)10-14(15(19)23-16(2,3)4)18-24(20,21)13-8-6-12(22-5)7-9-13/h6-9,14,18H,1,10H2,2-5H3/t14-/m0/s1. The Hall–Kier alpha value is -1.93. The Labute approximate surface area is 141 Å². The number of halogens is 1. The fraction of sp³-hybridized carbons (Fsp3) is 0.438. The van der Waals surface area contributed by atoms with Crippen LogP contribution in [-0.4, -0.2) is 33.1 Å². The van der Waals surface area contributed by atoms with Crippen molar-refractivity contribution in [1.29, 1.82) is 0 Å². The molecule has 0 amide bonds. The van der Waals surface area contributed by atoms with Gasteiger partial charge in [0.1, 0.15) is 17.4 Å². The molecule has 6 nitrogen and oxygen atoms in total. The van der Waals surface area contributed by atoms with Gasteiger partial charge in [-0.05, 0) is 45.0 Å². The molecule has 1 aromatic rings. The molecule has 0 aromatic heterocycles. The van der Waals surface area contributed by atoms with Gasteiger partial charge < -0.3 is 9.47 Å². The van der Waals surface area contributed by atoms with Crippen LogP contribution >= 0.6 is 0 Å². The van der Waals surface area contributed by atoms with Crippen molar-refractivity contribution in [2.24, 2.45) is 0 Å². The molecule has 1 rings (SSSR count). The smallest absolute Gasteiger partial charge is 0.325 e. The summed E-state index contributed by atoms with van der Waals surface area (Å²) >= 11 is 0. The number of ether oxygens (including phenoxy) is 2. The SMILES string of the molecule is C=C(F)C[C@H](NS(=O)(=O)c1ccc(OC)cc1)C(=O)OC(C)(C)C. The molecule has 0 aliphatic carbocycles. The van der Waals surface area contributed by atoms with Crippen molar-refractivity contribution in [2.45, 2.75) is 43.7 Å². The molecule has 0 aliphatic heterocycles. The minimum absolute atomic E-state index is 0.0821. The zero-order valence-corrected chi connectivity index (χ0v) is 14.9. The van der Waals surface area contributed by atoms with Crippen molar-refractivity contribution < 1.29 is 27.1 Å². The van der Waals surface area contributed by atoms with E-state index >= 15 is 0 Å². The average Bonchev–Trinajstić information content (AvgIpc) is 2.44. The van der Waals surface area contributed by atoms with E-state index < -0.39 is 39.9 Å². The molecular formula is C16H22FNO5S. The van der Waals surface area contributed by atoms with Gasteiger partial charge in [-0.25, -0.2) is 12.8 Å². The highest BCUT2D eigenvalue weighted by molar-refractivity contribution is 7.89. The molecule has 0 saturated heterocycles. The largest absolute Gasteiger partial charge is 0.497 e. The molecule has 0 spiro atoms. The van der Waals surface area contributed by atoms with Crippen LogP contribution in [0.2, 0.25) is 0 Å². The highest BCUT2D eigenvalue weighted by Crippen LogP contribution is 2.18. The Morgan fingerprint density at radius 1 is 1.29 bits per heavy atom. The van der Waals surface area contributed by atoms with Crippen LogP contribution in [0.25, 0.3) is 0 Å². The topological polar surface area (TPSA) is 81.7 Å². The Kier molecular flexibility index (Phi) is 6.50. The Bertz CT molecular complexity index is 692. The van der Waals surface area contributed by atoms with Crippen LogP contribution in [0.15, 0.2) is 41.6 Å². The minimum Gasteiger partial charge on any atom is -0.497 e. The number of carbonyl (C=O) groups is 1. The third-order valence-electron chi connectivity index (χ3n) is 2.78. The van der Waals surface area contributed by atoms with E-state index in [2.05, 4.69) is 11.3 Å². The average molecular weight is 359 g/mol. The van der Waals surface area contributed by atoms with Gasteiger partial charge in [0.05, 0.1) is 17.8 Å². The lowest BCUT2D eigenvalue weighted by Crippen LogP contribution is -2.44. The van der Waals surface area contributed by atoms with Crippen molar-refractivity contribution in [2.75, 3.05) is 7.11 Å². The molecule has 1 N–H and O–H groups in total. The minimum atomic E-state index is -4.04. The monoisotopic (exact) mass is 359 g/mol. The molecule has 0 heterocycles. The molecule has 1 atom stereocenters. The van der Waals surface area contributed by atoms with E-state index in [0.29, 0.717) is 5.75 Å². The number of benzene rings is 1. The second kappa shape index (κ2) is 7.76. The molecule has 1 aromatic carbocycles. The van der Waals surface area contributed by atoms with Crippen LogP contribution < -0.4 is 9.46 Å². The fourth-order valence-electron chi connectivity index (χ4n) is 1.78. The van der Waals surface area contributed by atoms with E-state index in [1.807, 2.05) is 0 Å². The van der Waals surface area contributed by atoms with Gasteiger partial charge in [-0.3, -0.25) is 4.79 Å². The number of esters is 1. The van der Waals surface area contributed by atoms with Crippen molar-refractivity contribution in [1.82, 2.24) is 4.72 Å². The van der Waals surface area contributed by atoms with Gasteiger partial charge in [0, 0.05) is 6.42 Å². The van der Waals surface area contributed by atoms with Crippen LogP contribution in [0.3, 0.4) is 0 Å². The summed E-state index contributed by atoms with van der Waals surface area (Å²) in [6, 6.07) is 4.15. The van der Waals surface area contributed by atoms with Gasteiger partial charge in [0.2, 0.25) is 10.0 Å². The number of hydrogen-bond donors (Lipinski definition) is 1. The molecule has 0 aliphatic rings. The Morgan fingerprint density at radius 3 is 2.25 bits per heavy atom. The van der Waals surface area contributed by atoms with Gasteiger partial charge in [-0.15, -0.1) is 0 Å². The fourth-order valence-corrected chi connectivity index (χ4v) is 2.96. The van der Waals surface area contributed by atoms with Crippen molar-refractivity contribution >= 4 is 16.0 Å². The lowest BCUT2D eigenvalue weighted by atomic mass is 10.1. The maximum absolute atomic E-state index is 13.2. The maximum atomic E-state index is 13.2.